The van der Waals surface area contributed by atoms with Gasteiger partial charge in [0.25, 0.3) is 11.7 Å². The Balaban J connectivity index is 1.64. The number of hydrogen-bond donors (Lipinski definition) is 0. The average molecular weight is 273 g/mol. The number of nitrogens with zero attached hydrogens (tertiary/aromatic N) is 1. The van der Waals surface area contributed by atoms with Gasteiger partial charge in [-0.25, -0.2) is 4.39 Å². The maximum Gasteiger partial charge on any atom is 0.299 e. The summed E-state index contributed by atoms with van der Waals surface area (Å²) < 4.78 is 13.4. The van der Waals surface area contributed by atoms with Gasteiger partial charge in [0.2, 0.25) is 0 Å². The normalized spacial score (nSPS) is 31.2. The molecule has 0 N–H and O–H groups in total. The number of ketones is 1. The fourth-order valence-corrected chi connectivity index (χ4v) is 4.28. The van der Waals surface area contributed by atoms with E-state index in [0.29, 0.717) is 29.6 Å². The van der Waals surface area contributed by atoms with Gasteiger partial charge in [0.1, 0.15) is 5.82 Å². The highest BCUT2D eigenvalue weighted by Gasteiger charge is 2.43. The van der Waals surface area contributed by atoms with Gasteiger partial charge in [0.05, 0.1) is 11.3 Å². The zero-order chi connectivity index (χ0) is 13.9. The number of anilines is 1. The maximum absolute atomic E-state index is 13.4. The van der Waals surface area contributed by atoms with Crippen molar-refractivity contribution in [2.45, 2.75) is 25.7 Å². The number of Topliss-reactive ketones (excluding diaryl/α,β-unsaturated/α-hetero) is 1. The molecule has 2 bridgehead atoms. The molecule has 4 heteroatoms. The number of hydrogen-bond acceptors (Lipinski definition) is 2. The van der Waals surface area contributed by atoms with Crippen molar-refractivity contribution in [3.63, 3.8) is 0 Å². The van der Waals surface area contributed by atoms with Gasteiger partial charge in [-0.3, -0.25) is 9.59 Å². The van der Waals surface area contributed by atoms with E-state index in [1.807, 2.05) is 0 Å². The van der Waals surface area contributed by atoms with E-state index in [1.54, 1.807) is 0 Å². The summed E-state index contributed by atoms with van der Waals surface area (Å²) in [4.78, 5) is 25.6. The molecule has 3 nitrogen and oxygen atoms in total. The van der Waals surface area contributed by atoms with Crippen LogP contribution >= 0.6 is 0 Å². The highest BCUT2D eigenvalue weighted by molar-refractivity contribution is 6.52. The van der Waals surface area contributed by atoms with Crippen molar-refractivity contribution in [2.24, 2.45) is 17.8 Å². The molecule has 2 aliphatic carbocycles. The monoisotopic (exact) mass is 273 g/mol. The van der Waals surface area contributed by atoms with Crippen LogP contribution in [-0.4, -0.2) is 18.2 Å². The van der Waals surface area contributed by atoms with Gasteiger partial charge in [-0.1, -0.05) is 6.42 Å². The summed E-state index contributed by atoms with van der Waals surface area (Å²) in [5, 5.41) is 0. The molecule has 1 aromatic carbocycles. The van der Waals surface area contributed by atoms with Crippen molar-refractivity contribution in [3.8, 4) is 0 Å². The second-order valence-electron chi connectivity index (χ2n) is 6.34. The summed E-state index contributed by atoms with van der Waals surface area (Å²) in [6, 6.07) is 3.97. The van der Waals surface area contributed by atoms with E-state index >= 15 is 0 Å². The molecule has 1 heterocycles. The van der Waals surface area contributed by atoms with Crippen LogP contribution in [0.15, 0.2) is 18.2 Å². The zero-order valence-corrected chi connectivity index (χ0v) is 11.1. The van der Waals surface area contributed by atoms with Gasteiger partial charge < -0.3 is 4.90 Å². The lowest BCUT2D eigenvalue weighted by atomic mass is 9.88. The number of fused-ring (bicyclic) bond motifs is 3. The average Bonchev–Trinajstić information content (AvgIpc) is 3.10. The Morgan fingerprint density at radius 3 is 2.75 bits per heavy atom. The number of halogens is 1. The first-order chi connectivity index (χ1) is 9.63. The first-order valence-corrected chi connectivity index (χ1v) is 7.29. The Labute approximate surface area is 116 Å². The van der Waals surface area contributed by atoms with E-state index in [9.17, 15) is 14.0 Å². The van der Waals surface area contributed by atoms with E-state index in [4.69, 9.17) is 0 Å². The van der Waals surface area contributed by atoms with E-state index < -0.39 is 17.5 Å². The van der Waals surface area contributed by atoms with Gasteiger partial charge in [0.15, 0.2) is 0 Å². The summed E-state index contributed by atoms with van der Waals surface area (Å²) in [6.07, 6.45) is 4.95. The van der Waals surface area contributed by atoms with E-state index in [2.05, 4.69) is 0 Å². The molecule has 1 aromatic rings. The molecule has 3 aliphatic rings. The Morgan fingerprint density at radius 1 is 1.20 bits per heavy atom. The predicted molar refractivity (Wildman–Crippen MR) is 72.0 cm³/mol. The second-order valence-corrected chi connectivity index (χ2v) is 6.34. The molecule has 20 heavy (non-hydrogen) atoms. The smallest absolute Gasteiger partial charge is 0.299 e. The van der Waals surface area contributed by atoms with Crippen LogP contribution < -0.4 is 4.90 Å². The summed E-state index contributed by atoms with van der Waals surface area (Å²) in [5.74, 6) is 0.561. The van der Waals surface area contributed by atoms with Crippen LogP contribution in [0.25, 0.3) is 0 Å². The van der Waals surface area contributed by atoms with Crippen LogP contribution in [0.4, 0.5) is 10.1 Å². The van der Waals surface area contributed by atoms with Gasteiger partial charge in [0, 0.05) is 6.54 Å². The van der Waals surface area contributed by atoms with Crippen LogP contribution in [0.2, 0.25) is 0 Å². The number of carbonyl (C=O) groups excluding carboxylic acids is 2. The van der Waals surface area contributed by atoms with Gasteiger partial charge in [-0.2, -0.15) is 0 Å². The van der Waals surface area contributed by atoms with Crippen LogP contribution in [0.1, 0.15) is 36.0 Å². The first kappa shape index (κ1) is 12.1. The van der Waals surface area contributed by atoms with E-state index in [-0.39, 0.29) is 0 Å². The lowest BCUT2D eigenvalue weighted by molar-refractivity contribution is -0.114. The molecular weight excluding hydrogens is 257 g/mol. The summed E-state index contributed by atoms with van der Waals surface area (Å²) in [6.45, 7) is 0.572. The van der Waals surface area contributed by atoms with Crippen LogP contribution in [0, 0.1) is 23.6 Å². The van der Waals surface area contributed by atoms with Gasteiger partial charge >= 0.3 is 0 Å². The topological polar surface area (TPSA) is 37.4 Å². The number of rotatable bonds is 2. The molecule has 0 radical (unpaired) electrons. The molecule has 104 valence electrons. The van der Waals surface area contributed by atoms with E-state index in [1.165, 1.54) is 42.4 Å². The third-order valence-electron chi connectivity index (χ3n) is 5.24. The molecule has 3 unspecified atom stereocenters. The van der Waals surface area contributed by atoms with Crippen molar-refractivity contribution >= 4 is 17.4 Å². The minimum absolute atomic E-state index is 0.347. The SMILES string of the molecule is O=C1C(=O)N(CC2CC3CCC2C3)c2cc(F)ccc21. The largest absolute Gasteiger partial charge is 0.304 e. The summed E-state index contributed by atoms with van der Waals surface area (Å²) >= 11 is 0. The minimum atomic E-state index is -0.497. The Kier molecular flexibility index (Phi) is 2.50. The quantitative estimate of drug-likeness (QED) is 0.777. The Hall–Kier alpha value is -1.71. The van der Waals surface area contributed by atoms with Gasteiger partial charge in [-0.15, -0.1) is 0 Å². The molecule has 1 amide bonds. The number of carbonyl (C=O) groups is 2. The standard InChI is InChI=1S/C16H16FNO2/c17-12-3-4-13-14(7-12)18(16(20)15(13)19)8-11-6-9-1-2-10(11)5-9/h3-4,7,9-11H,1-2,5-6,8H2. The fourth-order valence-electron chi connectivity index (χ4n) is 4.28. The molecule has 0 saturated heterocycles. The van der Waals surface area contributed by atoms with Crippen molar-refractivity contribution in [1.82, 2.24) is 0 Å². The molecule has 4 rings (SSSR count). The maximum atomic E-state index is 13.4. The van der Waals surface area contributed by atoms with Crippen molar-refractivity contribution < 1.29 is 14.0 Å². The first-order valence-electron chi connectivity index (χ1n) is 7.29. The highest BCUT2D eigenvalue weighted by Crippen LogP contribution is 2.49. The van der Waals surface area contributed by atoms with Crippen LogP contribution in [-0.2, 0) is 4.79 Å². The lowest BCUT2D eigenvalue weighted by Gasteiger charge is -2.27. The molecule has 3 atom stereocenters. The minimum Gasteiger partial charge on any atom is -0.304 e. The second kappa shape index (κ2) is 4.14. The third-order valence-corrected chi connectivity index (χ3v) is 5.24. The molecule has 1 aliphatic heterocycles. The van der Waals surface area contributed by atoms with Crippen molar-refractivity contribution in [3.05, 3.63) is 29.6 Å². The Bertz CT molecular complexity index is 612. The lowest BCUT2D eigenvalue weighted by Crippen LogP contribution is -2.36. The van der Waals surface area contributed by atoms with Crippen LogP contribution in [0.5, 0.6) is 0 Å². The van der Waals surface area contributed by atoms with E-state index in [0.717, 1.165) is 12.3 Å². The number of benzene rings is 1. The predicted octanol–water partition coefficient (Wildman–Crippen LogP) is 2.79. The van der Waals surface area contributed by atoms with Crippen molar-refractivity contribution in [1.29, 1.82) is 0 Å². The summed E-state index contributed by atoms with van der Waals surface area (Å²) in [7, 11) is 0. The van der Waals surface area contributed by atoms with Gasteiger partial charge in [-0.05, 0) is 55.2 Å². The zero-order valence-electron chi connectivity index (χ0n) is 11.1. The molecule has 2 fully saturated rings. The fraction of sp³-hybridized carbons (Fsp3) is 0.500. The van der Waals surface area contributed by atoms with Crippen LogP contribution in [0.3, 0.4) is 0 Å². The summed E-state index contributed by atoms with van der Waals surface area (Å²) in [5.41, 5.74) is 0.808. The Morgan fingerprint density at radius 2 is 2.05 bits per heavy atom. The molecule has 0 aromatic heterocycles. The number of amides is 1. The molecule has 0 spiro atoms. The molecular formula is C16H16FNO2. The third kappa shape index (κ3) is 1.63. The molecule has 2 saturated carbocycles. The highest BCUT2D eigenvalue weighted by atomic mass is 19.1. The van der Waals surface area contributed by atoms with Crippen molar-refractivity contribution in [2.75, 3.05) is 11.4 Å².